The number of hydrogen-bond donors (Lipinski definition) is 0. The van der Waals surface area contributed by atoms with Crippen LogP contribution in [0.2, 0.25) is 0 Å². The number of fused-ring (bicyclic) bond motifs is 1. The fourth-order valence-electron chi connectivity index (χ4n) is 2.89. The maximum atomic E-state index is 2.47. The van der Waals surface area contributed by atoms with E-state index in [1.54, 1.807) is 12.8 Å². The molecular weight excluding hydrogens is 120 g/mol. The molecule has 0 amide bonds. The minimum absolute atomic E-state index is 1.07. The molecule has 2 saturated carbocycles. The largest absolute Gasteiger partial charge is 0.0654 e. The van der Waals surface area contributed by atoms with Crippen LogP contribution in [-0.4, -0.2) is 0 Å². The summed E-state index contributed by atoms with van der Waals surface area (Å²) in [6.45, 7) is 4.79. The van der Waals surface area contributed by atoms with Crippen molar-refractivity contribution in [2.75, 3.05) is 0 Å². The molecule has 0 saturated heterocycles. The third-order valence-electron chi connectivity index (χ3n) is 3.66. The van der Waals surface area contributed by atoms with E-state index in [1.165, 1.54) is 18.8 Å². The highest BCUT2D eigenvalue weighted by Gasteiger charge is 2.50. The number of rotatable bonds is 2. The molecule has 2 rings (SSSR count). The van der Waals surface area contributed by atoms with Gasteiger partial charge in [0, 0.05) is 0 Å². The predicted molar refractivity (Wildman–Crippen MR) is 43.8 cm³/mol. The van der Waals surface area contributed by atoms with Gasteiger partial charge in [0.2, 0.25) is 0 Å². The molecule has 0 radical (unpaired) electrons. The van der Waals surface area contributed by atoms with E-state index in [4.69, 9.17) is 0 Å². The Morgan fingerprint density at radius 1 is 1.30 bits per heavy atom. The normalized spacial score (nSPS) is 51.0. The SMILES string of the molecule is CCCC1CC2C[C@H]2[C@H]1C. The molecule has 0 spiro atoms. The fourth-order valence-corrected chi connectivity index (χ4v) is 2.89. The summed E-state index contributed by atoms with van der Waals surface area (Å²) < 4.78 is 0. The molecule has 0 aromatic heterocycles. The minimum Gasteiger partial charge on any atom is -0.0654 e. The van der Waals surface area contributed by atoms with Crippen molar-refractivity contribution in [2.45, 2.75) is 39.5 Å². The molecule has 58 valence electrons. The summed E-state index contributed by atoms with van der Waals surface area (Å²) >= 11 is 0. The number of hydrogen-bond acceptors (Lipinski definition) is 0. The van der Waals surface area contributed by atoms with Gasteiger partial charge >= 0.3 is 0 Å². The van der Waals surface area contributed by atoms with E-state index in [2.05, 4.69) is 13.8 Å². The first-order chi connectivity index (χ1) is 4.83. The van der Waals surface area contributed by atoms with Crippen LogP contribution in [0.1, 0.15) is 39.5 Å². The van der Waals surface area contributed by atoms with Gasteiger partial charge in [-0.25, -0.2) is 0 Å². The lowest BCUT2D eigenvalue weighted by Crippen LogP contribution is -2.07. The van der Waals surface area contributed by atoms with Crippen molar-refractivity contribution in [3.05, 3.63) is 0 Å². The molecule has 0 bridgehead atoms. The molecule has 2 unspecified atom stereocenters. The summed E-state index contributed by atoms with van der Waals surface area (Å²) in [5.74, 6) is 4.52. The van der Waals surface area contributed by atoms with E-state index in [1.807, 2.05) is 0 Å². The zero-order chi connectivity index (χ0) is 7.14. The standard InChI is InChI=1S/C10H18/c1-3-4-8-5-9-6-10(9)7(8)2/h7-10H,3-6H2,1-2H3/t7-,8?,9?,10-/m0/s1. The van der Waals surface area contributed by atoms with E-state index >= 15 is 0 Å². The van der Waals surface area contributed by atoms with Crippen LogP contribution in [-0.2, 0) is 0 Å². The average Bonchev–Trinajstić information content (AvgIpc) is 2.60. The van der Waals surface area contributed by atoms with Gasteiger partial charge in [0.25, 0.3) is 0 Å². The van der Waals surface area contributed by atoms with Crippen molar-refractivity contribution in [1.29, 1.82) is 0 Å². The van der Waals surface area contributed by atoms with Gasteiger partial charge in [0.15, 0.2) is 0 Å². The molecule has 4 atom stereocenters. The van der Waals surface area contributed by atoms with Crippen molar-refractivity contribution < 1.29 is 0 Å². The highest BCUT2D eigenvalue weighted by atomic mass is 14.5. The van der Waals surface area contributed by atoms with Gasteiger partial charge in [0.1, 0.15) is 0 Å². The van der Waals surface area contributed by atoms with E-state index in [9.17, 15) is 0 Å². The maximum absolute atomic E-state index is 2.47. The van der Waals surface area contributed by atoms with E-state index in [0.29, 0.717) is 0 Å². The highest BCUT2D eigenvalue weighted by molar-refractivity contribution is 4.99. The predicted octanol–water partition coefficient (Wildman–Crippen LogP) is 3.08. The summed E-state index contributed by atoms with van der Waals surface area (Å²) in [4.78, 5) is 0. The van der Waals surface area contributed by atoms with E-state index in [-0.39, 0.29) is 0 Å². The first-order valence-electron chi connectivity index (χ1n) is 4.83. The van der Waals surface area contributed by atoms with Crippen LogP contribution in [0.15, 0.2) is 0 Å². The van der Waals surface area contributed by atoms with Crippen LogP contribution in [0.3, 0.4) is 0 Å². The van der Waals surface area contributed by atoms with Crippen LogP contribution in [0, 0.1) is 23.7 Å². The van der Waals surface area contributed by atoms with Crippen LogP contribution in [0.4, 0.5) is 0 Å². The van der Waals surface area contributed by atoms with Gasteiger partial charge in [-0.1, -0.05) is 26.7 Å². The second kappa shape index (κ2) is 2.25. The molecule has 0 aromatic rings. The summed E-state index contributed by atoms with van der Waals surface area (Å²) in [7, 11) is 0. The van der Waals surface area contributed by atoms with Gasteiger partial charge in [-0.2, -0.15) is 0 Å². The molecule has 10 heavy (non-hydrogen) atoms. The van der Waals surface area contributed by atoms with Crippen LogP contribution < -0.4 is 0 Å². The van der Waals surface area contributed by atoms with Crippen molar-refractivity contribution in [3.8, 4) is 0 Å². The Bertz CT molecular complexity index is 128. The Morgan fingerprint density at radius 3 is 2.60 bits per heavy atom. The average molecular weight is 138 g/mol. The molecule has 0 nitrogen and oxygen atoms in total. The molecule has 2 fully saturated rings. The molecule has 0 aromatic carbocycles. The highest BCUT2D eigenvalue weighted by Crippen LogP contribution is 2.58. The summed E-state index contributed by atoms with van der Waals surface area (Å²) in [5.41, 5.74) is 0. The van der Waals surface area contributed by atoms with Crippen LogP contribution >= 0.6 is 0 Å². The van der Waals surface area contributed by atoms with Crippen molar-refractivity contribution in [1.82, 2.24) is 0 Å². The first-order valence-corrected chi connectivity index (χ1v) is 4.83. The summed E-state index contributed by atoms with van der Waals surface area (Å²) in [5, 5.41) is 0. The second-order valence-electron chi connectivity index (χ2n) is 4.30. The minimum atomic E-state index is 1.07. The van der Waals surface area contributed by atoms with Gasteiger partial charge in [-0.15, -0.1) is 0 Å². The van der Waals surface area contributed by atoms with Gasteiger partial charge in [-0.05, 0) is 36.5 Å². The molecular formula is C10H18. The van der Waals surface area contributed by atoms with E-state index in [0.717, 1.165) is 17.8 Å². The van der Waals surface area contributed by atoms with Crippen LogP contribution in [0.5, 0.6) is 0 Å². The Kier molecular flexibility index (Phi) is 1.51. The summed E-state index contributed by atoms with van der Waals surface area (Å²) in [6.07, 6.45) is 6.03. The summed E-state index contributed by atoms with van der Waals surface area (Å²) in [6, 6.07) is 0. The maximum Gasteiger partial charge on any atom is -0.0354 e. The molecule has 2 aliphatic rings. The lowest BCUT2D eigenvalue weighted by molar-refractivity contribution is 0.338. The monoisotopic (exact) mass is 138 g/mol. The molecule has 0 N–H and O–H groups in total. The smallest absolute Gasteiger partial charge is 0.0354 e. The molecule has 0 heterocycles. The zero-order valence-corrected chi connectivity index (χ0v) is 7.14. The van der Waals surface area contributed by atoms with Crippen molar-refractivity contribution >= 4 is 0 Å². The Morgan fingerprint density at radius 2 is 2.10 bits per heavy atom. The van der Waals surface area contributed by atoms with Crippen molar-refractivity contribution in [3.63, 3.8) is 0 Å². The topological polar surface area (TPSA) is 0 Å². The Hall–Kier alpha value is 0. The molecule has 2 aliphatic carbocycles. The first kappa shape index (κ1) is 6.69. The van der Waals surface area contributed by atoms with Crippen LogP contribution in [0.25, 0.3) is 0 Å². The van der Waals surface area contributed by atoms with Crippen molar-refractivity contribution in [2.24, 2.45) is 23.7 Å². The third kappa shape index (κ3) is 0.889. The van der Waals surface area contributed by atoms with Gasteiger partial charge < -0.3 is 0 Å². The fraction of sp³-hybridized carbons (Fsp3) is 1.00. The molecule has 0 aliphatic heterocycles. The molecule has 0 heteroatoms. The second-order valence-corrected chi connectivity index (χ2v) is 4.30. The Labute approximate surface area is 64.0 Å². The lowest BCUT2D eigenvalue weighted by Gasteiger charge is -2.16. The van der Waals surface area contributed by atoms with Gasteiger partial charge in [-0.3, -0.25) is 0 Å². The lowest BCUT2D eigenvalue weighted by atomic mass is 9.89. The van der Waals surface area contributed by atoms with E-state index < -0.39 is 0 Å². The third-order valence-corrected chi connectivity index (χ3v) is 3.66. The van der Waals surface area contributed by atoms with Gasteiger partial charge in [0.05, 0.1) is 0 Å². The quantitative estimate of drug-likeness (QED) is 0.550. The Balaban J connectivity index is 1.88. The zero-order valence-electron chi connectivity index (χ0n) is 7.14.